The summed E-state index contributed by atoms with van der Waals surface area (Å²) in [7, 11) is 1.94. The first-order valence-corrected chi connectivity index (χ1v) is 13.3. The number of nitrogens with zero attached hydrogens (tertiary/aromatic N) is 3. The van der Waals surface area contributed by atoms with E-state index in [9.17, 15) is 4.79 Å². The van der Waals surface area contributed by atoms with Crippen LogP contribution in [0.25, 0.3) is 22.0 Å². The molecule has 7 heteroatoms. The van der Waals surface area contributed by atoms with Crippen molar-refractivity contribution in [3.8, 4) is 16.9 Å². The third kappa shape index (κ3) is 3.59. The Hall–Kier alpha value is -3.87. The van der Waals surface area contributed by atoms with Gasteiger partial charge < -0.3 is 19.6 Å². The Morgan fingerprint density at radius 2 is 1.87 bits per heavy atom. The van der Waals surface area contributed by atoms with Gasteiger partial charge in [0.15, 0.2) is 0 Å². The van der Waals surface area contributed by atoms with E-state index in [-0.39, 0.29) is 11.6 Å². The lowest BCUT2D eigenvalue weighted by molar-refractivity contribution is 0.321. The number of benzene rings is 3. The molecular formula is C31H27ClN4O2. The third-order valence-corrected chi connectivity index (χ3v) is 8.22. The normalized spacial score (nSPS) is 18.8. The molecule has 0 spiro atoms. The lowest BCUT2D eigenvalue weighted by Gasteiger charge is -2.32. The van der Waals surface area contributed by atoms with E-state index in [1.165, 1.54) is 0 Å². The minimum atomic E-state index is -1.05. The van der Waals surface area contributed by atoms with Crippen LogP contribution in [0.3, 0.4) is 0 Å². The number of fused-ring (bicyclic) bond motifs is 6. The summed E-state index contributed by atoms with van der Waals surface area (Å²) in [6.07, 6.45) is 6.31. The van der Waals surface area contributed by atoms with E-state index in [2.05, 4.69) is 35.3 Å². The van der Waals surface area contributed by atoms with E-state index in [1.54, 1.807) is 18.6 Å². The average molecular weight is 523 g/mol. The predicted molar refractivity (Wildman–Crippen MR) is 150 cm³/mol. The predicted octanol–water partition coefficient (Wildman–Crippen LogP) is 5.58. The summed E-state index contributed by atoms with van der Waals surface area (Å²) in [4.78, 5) is 17.8. The minimum Gasteiger partial charge on any atom is -0.492 e. The molecule has 190 valence electrons. The van der Waals surface area contributed by atoms with Gasteiger partial charge >= 0.3 is 0 Å². The molecule has 0 saturated heterocycles. The zero-order chi connectivity index (χ0) is 26.0. The zero-order valence-electron chi connectivity index (χ0n) is 21.0. The van der Waals surface area contributed by atoms with Gasteiger partial charge in [-0.2, -0.15) is 0 Å². The molecule has 7 rings (SSSR count). The molecule has 0 radical (unpaired) electrons. The Morgan fingerprint density at radius 1 is 1.05 bits per heavy atom. The number of nitrogens with two attached hydrogens (primary N) is 1. The van der Waals surface area contributed by atoms with Crippen LogP contribution in [0.1, 0.15) is 41.3 Å². The number of imidazole rings is 1. The van der Waals surface area contributed by atoms with Crippen LogP contribution in [-0.2, 0) is 19.0 Å². The first-order valence-electron chi connectivity index (χ1n) is 12.9. The van der Waals surface area contributed by atoms with Crippen molar-refractivity contribution < 1.29 is 4.74 Å². The summed E-state index contributed by atoms with van der Waals surface area (Å²) < 4.78 is 10.1. The van der Waals surface area contributed by atoms with E-state index in [4.69, 9.17) is 22.1 Å². The molecule has 1 saturated carbocycles. The topological polar surface area (TPSA) is 75.1 Å². The number of halogens is 1. The van der Waals surface area contributed by atoms with Crippen LogP contribution in [0.15, 0.2) is 84.0 Å². The molecule has 5 aromatic rings. The Balaban J connectivity index is 1.60. The van der Waals surface area contributed by atoms with E-state index in [0.29, 0.717) is 23.8 Å². The maximum atomic E-state index is 13.4. The average Bonchev–Trinajstić information content (AvgIpc) is 3.66. The van der Waals surface area contributed by atoms with Gasteiger partial charge in [0.2, 0.25) is 0 Å². The number of aryl methyl sites for hydroxylation is 1. The van der Waals surface area contributed by atoms with Crippen molar-refractivity contribution in [2.45, 2.75) is 30.8 Å². The Bertz CT molecular complexity index is 1790. The van der Waals surface area contributed by atoms with Crippen molar-refractivity contribution in [3.63, 3.8) is 0 Å². The van der Waals surface area contributed by atoms with Crippen molar-refractivity contribution >= 4 is 22.5 Å². The number of hydrogen-bond acceptors (Lipinski definition) is 4. The second kappa shape index (κ2) is 8.58. The summed E-state index contributed by atoms with van der Waals surface area (Å²) in [5.74, 6) is 0.596. The molecule has 1 aliphatic heterocycles. The molecule has 3 heterocycles. The molecule has 0 amide bonds. The summed E-state index contributed by atoms with van der Waals surface area (Å²) in [6, 6.07) is 22.3. The molecule has 3 aromatic carbocycles. The van der Waals surface area contributed by atoms with Gasteiger partial charge in [0.25, 0.3) is 5.56 Å². The smallest absolute Gasteiger partial charge is 0.251 e. The monoisotopic (exact) mass is 522 g/mol. The summed E-state index contributed by atoms with van der Waals surface area (Å²) in [5.41, 5.74) is 12.9. The second-order valence-electron chi connectivity index (χ2n) is 10.4. The molecule has 2 N–H and O–H groups in total. The minimum absolute atomic E-state index is 0.0330. The molecule has 2 aliphatic rings. The number of pyridine rings is 1. The Labute approximate surface area is 225 Å². The van der Waals surface area contributed by atoms with Crippen LogP contribution in [-0.4, -0.2) is 20.7 Å². The lowest BCUT2D eigenvalue weighted by Crippen LogP contribution is -2.41. The molecule has 38 heavy (non-hydrogen) atoms. The SMILES string of the molecule is Cn1cncc1[C@]1(N)c2ccc(Cl)c(c2)OCCc2cccc(c2)-c2cc(=O)n(C3CC3)c3ccc1cc23. The van der Waals surface area contributed by atoms with Crippen LogP contribution >= 0.6 is 11.6 Å². The third-order valence-electron chi connectivity index (χ3n) is 7.91. The first-order chi connectivity index (χ1) is 18.4. The van der Waals surface area contributed by atoms with E-state index < -0.39 is 5.54 Å². The van der Waals surface area contributed by atoms with Crippen molar-refractivity contribution in [1.29, 1.82) is 0 Å². The number of ether oxygens (including phenoxy) is 1. The number of aromatic nitrogens is 3. The molecule has 2 aromatic heterocycles. The Kier molecular flexibility index (Phi) is 5.25. The largest absolute Gasteiger partial charge is 0.492 e. The zero-order valence-corrected chi connectivity index (χ0v) is 21.8. The highest BCUT2D eigenvalue weighted by molar-refractivity contribution is 6.32. The van der Waals surface area contributed by atoms with Gasteiger partial charge in [-0.05, 0) is 64.9 Å². The van der Waals surface area contributed by atoms with Gasteiger partial charge in [-0.1, -0.05) is 48.0 Å². The van der Waals surface area contributed by atoms with Gasteiger partial charge in [0.05, 0.1) is 35.4 Å². The molecule has 1 fully saturated rings. The summed E-state index contributed by atoms with van der Waals surface area (Å²) in [6.45, 7) is 0.458. The van der Waals surface area contributed by atoms with Gasteiger partial charge in [0.1, 0.15) is 11.3 Å². The van der Waals surface area contributed by atoms with Crippen molar-refractivity contribution in [3.05, 3.63) is 117 Å². The summed E-state index contributed by atoms with van der Waals surface area (Å²) in [5, 5.41) is 1.54. The fourth-order valence-electron chi connectivity index (χ4n) is 5.78. The lowest BCUT2D eigenvalue weighted by atomic mass is 9.80. The quantitative estimate of drug-likeness (QED) is 0.328. The van der Waals surface area contributed by atoms with E-state index in [1.807, 2.05) is 46.5 Å². The highest BCUT2D eigenvalue weighted by Gasteiger charge is 2.36. The van der Waals surface area contributed by atoms with Crippen molar-refractivity contribution in [1.82, 2.24) is 14.1 Å². The Morgan fingerprint density at radius 3 is 2.66 bits per heavy atom. The molecule has 1 aliphatic carbocycles. The number of hydrogen-bond donors (Lipinski definition) is 1. The first kappa shape index (κ1) is 23.3. The van der Waals surface area contributed by atoms with Crippen molar-refractivity contribution in [2.75, 3.05) is 6.61 Å². The standard InChI is InChI=1S/C31H27ClN4O2/c1-35-18-34-17-29(35)31(33)21-6-10-27-25(14-21)24(16-30(37)36(27)23-7-8-23)20-4-2-3-19(13-20)11-12-38-28-15-22(31)5-9-26(28)32/h2-6,9-10,13-18,23H,7-8,11-12,33H2,1H3/t31-/m1/s1. The maximum absolute atomic E-state index is 13.4. The van der Waals surface area contributed by atoms with E-state index in [0.717, 1.165) is 57.3 Å². The second-order valence-corrected chi connectivity index (χ2v) is 10.8. The van der Waals surface area contributed by atoms with Crippen LogP contribution in [0.5, 0.6) is 5.75 Å². The highest BCUT2D eigenvalue weighted by Crippen LogP contribution is 2.42. The van der Waals surface area contributed by atoms with Crippen LogP contribution in [0.4, 0.5) is 0 Å². The van der Waals surface area contributed by atoms with Gasteiger partial charge in [-0.3, -0.25) is 4.79 Å². The van der Waals surface area contributed by atoms with Gasteiger partial charge in [-0.25, -0.2) is 4.98 Å². The fourth-order valence-corrected chi connectivity index (χ4v) is 5.95. The maximum Gasteiger partial charge on any atom is 0.251 e. The summed E-state index contributed by atoms with van der Waals surface area (Å²) >= 11 is 6.57. The molecule has 6 nitrogen and oxygen atoms in total. The van der Waals surface area contributed by atoms with Crippen LogP contribution < -0.4 is 16.0 Å². The van der Waals surface area contributed by atoms with Gasteiger partial charge in [-0.15, -0.1) is 0 Å². The molecular weight excluding hydrogens is 496 g/mol. The van der Waals surface area contributed by atoms with Gasteiger partial charge in [0, 0.05) is 31.0 Å². The number of rotatable bonds is 2. The fraction of sp³-hybridized carbons (Fsp3) is 0.226. The van der Waals surface area contributed by atoms with Crippen LogP contribution in [0.2, 0.25) is 5.02 Å². The molecule has 0 unspecified atom stereocenters. The van der Waals surface area contributed by atoms with E-state index >= 15 is 0 Å². The molecule has 6 bridgehead atoms. The highest BCUT2D eigenvalue weighted by atomic mass is 35.5. The molecule has 1 atom stereocenters. The van der Waals surface area contributed by atoms with Crippen LogP contribution in [0, 0.1) is 0 Å². The van der Waals surface area contributed by atoms with Crippen molar-refractivity contribution in [2.24, 2.45) is 12.8 Å².